The first-order valence-electron chi connectivity index (χ1n) is 6.54. The van der Waals surface area contributed by atoms with Gasteiger partial charge in [-0.25, -0.2) is 4.98 Å². The zero-order valence-electron chi connectivity index (χ0n) is 11.2. The summed E-state index contributed by atoms with van der Waals surface area (Å²) in [6.07, 6.45) is 3.66. The SMILES string of the molecule is CC(C)Oc1ccnc(N2CCCC2CC(=O)O)n1. The molecule has 104 valence electrons. The maximum atomic E-state index is 10.9. The van der Waals surface area contributed by atoms with Gasteiger partial charge >= 0.3 is 5.97 Å². The van der Waals surface area contributed by atoms with Crippen molar-refractivity contribution in [3.8, 4) is 5.88 Å². The summed E-state index contributed by atoms with van der Waals surface area (Å²) in [7, 11) is 0. The predicted octanol–water partition coefficient (Wildman–Crippen LogP) is 1.71. The number of rotatable bonds is 5. The van der Waals surface area contributed by atoms with E-state index in [0.717, 1.165) is 19.4 Å². The Kier molecular flexibility index (Phi) is 4.19. The third kappa shape index (κ3) is 3.56. The van der Waals surface area contributed by atoms with Crippen molar-refractivity contribution in [3.05, 3.63) is 12.3 Å². The number of hydrogen-bond acceptors (Lipinski definition) is 5. The molecule has 19 heavy (non-hydrogen) atoms. The molecule has 1 aliphatic heterocycles. The minimum atomic E-state index is -0.786. The van der Waals surface area contributed by atoms with E-state index in [4.69, 9.17) is 9.84 Å². The summed E-state index contributed by atoms with van der Waals surface area (Å²) in [4.78, 5) is 21.4. The molecule has 0 radical (unpaired) electrons. The van der Waals surface area contributed by atoms with Crippen LogP contribution in [0.2, 0.25) is 0 Å². The van der Waals surface area contributed by atoms with E-state index < -0.39 is 5.97 Å². The van der Waals surface area contributed by atoms with Crippen LogP contribution in [-0.2, 0) is 4.79 Å². The fourth-order valence-electron chi connectivity index (χ4n) is 2.29. The molecule has 6 heteroatoms. The molecule has 0 bridgehead atoms. The van der Waals surface area contributed by atoms with E-state index in [0.29, 0.717) is 11.8 Å². The molecular formula is C13H19N3O3. The number of carbonyl (C=O) groups is 1. The van der Waals surface area contributed by atoms with Gasteiger partial charge in [-0.2, -0.15) is 4.98 Å². The lowest BCUT2D eigenvalue weighted by Crippen LogP contribution is -2.32. The molecule has 0 aromatic carbocycles. The van der Waals surface area contributed by atoms with Crippen molar-refractivity contribution in [2.75, 3.05) is 11.4 Å². The van der Waals surface area contributed by atoms with Crippen molar-refractivity contribution in [2.24, 2.45) is 0 Å². The van der Waals surface area contributed by atoms with Gasteiger partial charge in [-0.3, -0.25) is 4.79 Å². The third-order valence-corrected chi connectivity index (χ3v) is 3.02. The van der Waals surface area contributed by atoms with Crippen molar-refractivity contribution in [1.29, 1.82) is 0 Å². The van der Waals surface area contributed by atoms with Gasteiger partial charge in [-0.1, -0.05) is 0 Å². The number of hydrogen-bond donors (Lipinski definition) is 1. The molecule has 0 spiro atoms. The summed E-state index contributed by atoms with van der Waals surface area (Å²) in [5.41, 5.74) is 0. The van der Waals surface area contributed by atoms with Crippen LogP contribution in [0.25, 0.3) is 0 Å². The number of ether oxygens (including phenoxy) is 1. The first-order chi connectivity index (χ1) is 9.06. The Bertz CT molecular complexity index is 451. The van der Waals surface area contributed by atoms with Gasteiger partial charge in [0.15, 0.2) is 0 Å². The molecule has 1 saturated heterocycles. The van der Waals surface area contributed by atoms with Crippen molar-refractivity contribution in [3.63, 3.8) is 0 Å². The second kappa shape index (κ2) is 5.86. The summed E-state index contributed by atoms with van der Waals surface area (Å²) in [6, 6.07) is 1.69. The fourth-order valence-corrected chi connectivity index (χ4v) is 2.29. The van der Waals surface area contributed by atoms with Crippen LogP contribution in [0, 0.1) is 0 Å². The lowest BCUT2D eigenvalue weighted by molar-refractivity contribution is -0.137. The van der Waals surface area contributed by atoms with E-state index in [2.05, 4.69) is 9.97 Å². The van der Waals surface area contributed by atoms with Crippen LogP contribution in [0.15, 0.2) is 12.3 Å². The standard InChI is InChI=1S/C13H19N3O3/c1-9(2)19-11-5-6-14-13(15-11)16-7-3-4-10(16)8-12(17)18/h5-6,9-10H,3-4,7-8H2,1-2H3,(H,17,18). The first kappa shape index (κ1) is 13.6. The monoisotopic (exact) mass is 265 g/mol. The molecule has 1 aromatic rings. The molecule has 1 aliphatic rings. The maximum absolute atomic E-state index is 10.9. The molecule has 2 heterocycles. The second-order valence-corrected chi connectivity index (χ2v) is 4.95. The Morgan fingerprint density at radius 2 is 2.42 bits per heavy atom. The summed E-state index contributed by atoms with van der Waals surface area (Å²) in [6.45, 7) is 4.67. The van der Waals surface area contributed by atoms with Gasteiger partial charge in [0.05, 0.1) is 12.5 Å². The number of anilines is 1. The van der Waals surface area contributed by atoms with Crippen LogP contribution < -0.4 is 9.64 Å². The molecule has 0 aliphatic carbocycles. The summed E-state index contributed by atoms with van der Waals surface area (Å²) in [5, 5.41) is 8.92. The van der Waals surface area contributed by atoms with E-state index in [-0.39, 0.29) is 18.6 Å². The highest BCUT2D eigenvalue weighted by Crippen LogP contribution is 2.25. The van der Waals surface area contributed by atoms with Gasteiger partial charge in [-0.15, -0.1) is 0 Å². The minimum absolute atomic E-state index is 0.0215. The quantitative estimate of drug-likeness (QED) is 0.873. The highest BCUT2D eigenvalue weighted by molar-refractivity contribution is 5.68. The first-order valence-corrected chi connectivity index (χ1v) is 6.54. The van der Waals surface area contributed by atoms with Gasteiger partial charge in [-0.05, 0) is 26.7 Å². The summed E-state index contributed by atoms with van der Waals surface area (Å²) in [5.74, 6) is 0.300. The van der Waals surface area contributed by atoms with Crippen LogP contribution in [0.3, 0.4) is 0 Å². The van der Waals surface area contributed by atoms with Crippen molar-refractivity contribution in [1.82, 2.24) is 9.97 Å². The van der Waals surface area contributed by atoms with E-state index in [1.165, 1.54) is 0 Å². The molecule has 1 atom stereocenters. The number of nitrogens with zero attached hydrogens (tertiary/aromatic N) is 3. The lowest BCUT2D eigenvalue weighted by Gasteiger charge is -2.23. The molecule has 1 aromatic heterocycles. The van der Waals surface area contributed by atoms with Gasteiger partial charge in [0.2, 0.25) is 11.8 Å². The minimum Gasteiger partial charge on any atom is -0.481 e. The molecule has 1 unspecified atom stereocenters. The van der Waals surface area contributed by atoms with Gasteiger partial charge < -0.3 is 14.7 Å². The maximum Gasteiger partial charge on any atom is 0.305 e. The van der Waals surface area contributed by atoms with Crippen LogP contribution in [0.4, 0.5) is 5.95 Å². The number of carboxylic acid groups (broad SMARTS) is 1. The average molecular weight is 265 g/mol. The Morgan fingerprint density at radius 1 is 1.63 bits per heavy atom. The zero-order chi connectivity index (χ0) is 13.8. The molecule has 6 nitrogen and oxygen atoms in total. The average Bonchev–Trinajstić information content (AvgIpc) is 2.75. The van der Waals surface area contributed by atoms with Crippen LogP contribution in [0.5, 0.6) is 5.88 Å². The van der Waals surface area contributed by atoms with E-state index in [1.807, 2.05) is 18.7 Å². The topological polar surface area (TPSA) is 75.5 Å². The number of aromatic nitrogens is 2. The van der Waals surface area contributed by atoms with Gasteiger partial charge in [0.1, 0.15) is 0 Å². The largest absolute Gasteiger partial charge is 0.481 e. The van der Waals surface area contributed by atoms with Gasteiger partial charge in [0, 0.05) is 24.8 Å². The van der Waals surface area contributed by atoms with Crippen LogP contribution in [-0.4, -0.2) is 39.7 Å². The highest BCUT2D eigenvalue weighted by Gasteiger charge is 2.28. The molecule has 1 fully saturated rings. The normalized spacial score (nSPS) is 18.9. The molecular weight excluding hydrogens is 246 g/mol. The Labute approximate surface area is 112 Å². The second-order valence-electron chi connectivity index (χ2n) is 4.95. The molecule has 1 N–H and O–H groups in total. The Morgan fingerprint density at radius 3 is 3.11 bits per heavy atom. The Hall–Kier alpha value is -1.85. The molecule has 0 saturated carbocycles. The number of aliphatic carboxylic acids is 1. The van der Waals surface area contributed by atoms with Crippen molar-refractivity contribution >= 4 is 11.9 Å². The summed E-state index contributed by atoms with van der Waals surface area (Å²) >= 11 is 0. The van der Waals surface area contributed by atoms with Crippen LogP contribution >= 0.6 is 0 Å². The van der Waals surface area contributed by atoms with Gasteiger partial charge in [0.25, 0.3) is 0 Å². The highest BCUT2D eigenvalue weighted by atomic mass is 16.5. The van der Waals surface area contributed by atoms with E-state index in [1.54, 1.807) is 12.3 Å². The third-order valence-electron chi connectivity index (χ3n) is 3.02. The lowest BCUT2D eigenvalue weighted by atomic mass is 10.1. The van der Waals surface area contributed by atoms with E-state index >= 15 is 0 Å². The fraction of sp³-hybridized carbons (Fsp3) is 0.615. The van der Waals surface area contributed by atoms with Crippen LogP contribution in [0.1, 0.15) is 33.1 Å². The number of carboxylic acids is 1. The predicted molar refractivity (Wildman–Crippen MR) is 70.4 cm³/mol. The summed E-state index contributed by atoms with van der Waals surface area (Å²) < 4.78 is 5.54. The molecule has 0 amide bonds. The smallest absolute Gasteiger partial charge is 0.305 e. The molecule has 2 rings (SSSR count). The zero-order valence-corrected chi connectivity index (χ0v) is 11.2. The van der Waals surface area contributed by atoms with Crippen molar-refractivity contribution < 1.29 is 14.6 Å². The van der Waals surface area contributed by atoms with E-state index in [9.17, 15) is 4.79 Å². The van der Waals surface area contributed by atoms with Crippen molar-refractivity contribution in [2.45, 2.75) is 45.3 Å². The Balaban J connectivity index is 2.13.